The van der Waals surface area contributed by atoms with Crippen molar-refractivity contribution in [1.29, 1.82) is 0 Å². The molecule has 0 radical (unpaired) electrons. The van der Waals surface area contributed by atoms with Crippen LogP contribution in [0.1, 0.15) is 32.1 Å². The van der Waals surface area contributed by atoms with Crippen molar-refractivity contribution in [2.45, 2.75) is 38.1 Å². The molecule has 2 atom stereocenters. The Kier molecular flexibility index (Phi) is 6.90. The molecule has 2 unspecified atom stereocenters. The van der Waals surface area contributed by atoms with Crippen molar-refractivity contribution in [3.05, 3.63) is 0 Å². The molecule has 0 aromatic heterocycles. The summed E-state index contributed by atoms with van der Waals surface area (Å²) in [4.78, 5) is 14.1. The summed E-state index contributed by atoms with van der Waals surface area (Å²) in [6.45, 7) is 1.80. The maximum Gasteiger partial charge on any atom is 0.222 e. The number of rotatable bonds is 3. The number of carbonyl (C=O) groups excluding carboxylic acids is 1. The van der Waals surface area contributed by atoms with Crippen LogP contribution in [-0.4, -0.2) is 62.0 Å². The molecule has 2 N–H and O–H groups in total. The van der Waals surface area contributed by atoms with Crippen LogP contribution in [0.25, 0.3) is 0 Å². The molecule has 1 aliphatic carbocycles. The molecule has 0 spiro atoms. The lowest BCUT2D eigenvalue weighted by molar-refractivity contribution is -0.133. The Labute approximate surface area is 133 Å². The van der Waals surface area contributed by atoms with Gasteiger partial charge in [0.05, 0.1) is 6.26 Å². The van der Waals surface area contributed by atoms with Gasteiger partial charge in [-0.15, -0.1) is 12.4 Å². The van der Waals surface area contributed by atoms with Crippen LogP contribution in [0.15, 0.2) is 0 Å². The highest BCUT2D eigenvalue weighted by molar-refractivity contribution is 7.88. The van der Waals surface area contributed by atoms with Gasteiger partial charge in [0.15, 0.2) is 0 Å². The van der Waals surface area contributed by atoms with Crippen LogP contribution in [0.3, 0.4) is 0 Å². The lowest BCUT2D eigenvalue weighted by Crippen LogP contribution is -2.51. The van der Waals surface area contributed by atoms with Gasteiger partial charge in [0.25, 0.3) is 0 Å². The van der Waals surface area contributed by atoms with Gasteiger partial charge in [0, 0.05) is 38.6 Å². The molecule has 0 aromatic rings. The summed E-state index contributed by atoms with van der Waals surface area (Å²) in [5.41, 5.74) is 6.08. The molecule has 2 fully saturated rings. The number of hydrogen-bond acceptors (Lipinski definition) is 4. The molecule has 0 bridgehead atoms. The fraction of sp³-hybridized carbons (Fsp3) is 0.923. The highest BCUT2D eigenvalue weighted by Gasteiger charge is 2.29. The van der Waals surface area contributed by atoms with E-state index in [9.17, 15) is 13.2 Å². The van der Waals surface area contributed by atoms with Crippen LogP contribution >= 0.6 is 12.4 Å². The molecule has 6 nitrogen and oxygen atoms in total. The van der Waals surface area contributed by atoms with Gasteiger partial charge in [0.2, 0.25) is 15.9 Å². The number of hydrogen-bond donors (Lipinski definition) is 1. The molecule has 21 heavy (non-hydrogen) atoms. The molecule has 1 aliphatic heterocycles. The summed E-state index contributed by atoms with van der Waals surface area (Å²) in [6, 6.07) is 0.144. The van der Waals surface area contributed by atoms with E-state index in [-0.39, 0.29) is 24.4 Å². The number of piperazine rings is 1. The SMILES string of the molecule is CS(=O)(=O)N1CCN(C(=O)CC2CCCCC2N)CC1.Cl. The molecule has 124 valence electrons. The first-order valence-corrected chi connectivity index (χ1v) is 9.21. The van der Waals surface area contributed by atoms with E-state index in [1.807, 2.05) is 0 Å². The number of sulfonamides is 1. The van der Waals surface area contributed by atoms with E-state index in [0.717, 1.165) is 19.3 Å². The molecular weight excluding hydrogens is 314 g/mol. The number of nitrogens with zero attached hydrogens (tertiary/aromatic N) is 2. The van der Waals surface area contributed by atoms with E-state index in [1.54, 1.807) is 4.90 Å². The van der Waals surface area contributed by atoms with Crippen LogP contribution in [0.5, 0.6) is 0 Å². The summed E-state index contributed by atoms with van der Waals surface area (Å²) in [6.07, 6.45) is 6.11. The first-order valence-electron chi connectivity index (χ1n) is 7.36. The molecule has 1 saturated carbocycles. The number of amides is 1. The predicted molar refractivity (Wildman–Crippen MR) is 84.8 cm³/mol. The van der Waals surface area contributed by atoms with Crippen LogP contribution in [0.4, 0.5) is 0 Å². The third kappa shape index (κ3) is 5.09. The van der Waals surface area contributed by atoms with Crippen molar-refractivity contribution in [3.63, 3.8) is 0 Å². The number of halogens is 1. The van der Waals surface area contributed by atoms with Crippen molar-refractivity contribution < 1.29 is 13.2 Å². The quantitative estimate of drug-likeness (QED) is 0.807. The normalized spacial score (nSPS) is 28.0. The van der Waals surface area contributed by atoms with Gasteiger partial charge in [-0.2, -0.15) is 4.31 Å². The Bertz CT molecular complexity index is 450. The predicted octanol–water partition coefficient (Wildman–Crippen LogP) is 0.420. The average molecular weight is 340 g/mol. The highest BCUT2D eigenvalue weighted by atomic mass is 35.5. The molecule has 1 heterocycles. The summed E-state index contributed by atoms with van der Waals surface area (Å²) in [7, 11) is -3.14. The fourth-order valence-corrected chi connectivity index (χ4v) is 3.94. The van der Waals surface area contributed by atoms with E-state index >= 15 is 0 Å². The van der Waals surface area contributed by atoms with E-state index in [2.05, 4.69) is 0 Å². The Morgan fingerprint density at radius 2 is 1.71 bits per heavy atom. The second-order valence-electron chi connectivity index (χ2n) is 5.96. The zero-order chi connectivity index (χ0) is 14.8. The van der Waals surface area contributed by atoms with Crippen LogP contribution in [0, 0.1) is 5.92 Å². The minimum Gasteiger partial charge on any atom is -0.340 e. The average Bonchev–Trinajstić information content (AvgIpc) is 2.40. The van der Waals surface area contributed by atoms with Crippen molar-refractivity contribution in [2.24, 2.45) is 11.7 Å². The van der Waals surface area contributed by atoms with Gasteiger partial charge in [-0.25, -0.2) is 8.42 Å². The molecule has 8 heteroatoms. The number of nitrogens with two attached hydrogens (primary N) is 1. The van der Waals surface area contributed by atoms with E-state index in [1.165, 1.54) is 17.0 Å². The third-order valence-electron chi connectivity index (χ3n) is 4.47. The van der Waals surface area contributed by atoms with Crippen LogP contribution in [-0.2, 0) is 14.8 Å². The largest absolute Gasteiger partial charge is 0.340 e. The second-order valence-corrected chi connectivity index (χ2v) is 7.94. The van der Waals surface area contributed by atoms with E-state index in [4.69, 9.17) is 5.73 Å². The molecule has 1 amide bonds. The van der Waals surface area contributed by atoms with Gasteiger partial charge in [-0.05, 0) is 18.8 Å². The monoisotopic (exact) mass is 339 g/mol. The third-order valence-corrected chi connectivity index (χ3v) is 5.77. The van der Waals surface area contributed by atoms with Gasteiger partial charge in [0.1, 0.15) is 0 Å². The first-order chi connectivity index (χ1) is 9.38. The first kappa shape index (κ1) is 18.7. The fourth-order valence-electron chi connectivity index (χ4n) is 3.11. The van der Waals surface area contributed by atoms with Crippen molar-refractivity contribution in [1.82, 2.24) is 9.21 Å². The van der Waals surface area contributed by atoms with Crippen molar-refractivity contribution in [3.8, 4) is 0 Å². The maximum atomic E-state index is 12.3. The lowest BCUT2D eigenvalue weighted by Gasteiger charge is -2.35. The van der Waals surface area contributed by atoms with Gasteiger partial charge in [-0.3, -0.25) is 4.79 Å². The zero-order valence-corrected chi connectivity index (χ0v) is 14.2. The number of carbonyl (C=O) groups is 1. The van der Waals surface area contributed by atoms with E-state index < -0.39 is 10.0 Å². The summed E-state index contributed by atoms with van der Waals surface area (Å²) < 4.78 is 24.3. The van der Waals surface area contributed by atoms with Crippen molar-refractivity contribution in [2.75, 3.05) is 32.4 Å². The Morgan fingerprint density at radius 1 is 1.14 bits per heavy atom. The van der Waals surface area contributed by atoms with Gasteiger partial charge in [-0.1, -0.05) is 12.8 Å². The zero-order valence-electron chi connectivity index (χ0n) is 12.5. The van der Waals surface area contributed by atoms with E-state index in [0.29, 0.717) is 38.5 Å². The summed E-state index contributed by atoms with van der Waals surface area (Å²) >= 11 is 0. The second kappa shape index (κ2) is 7.76. The minimum atomic E-state index is -3.14. The van der Waals surface area contributed by atoms with Gasteiger partial charge < -0.3 is 10.6 Å². The standard InChI is InChI=1S/C13H25N3O3S.ClH/c1-20(18,19)16-8-6-15(7-9-16)13(17)10-11-4-2-3-5-12(11)14;/h11-12H,2-10,14H2,1H3;1H. The Hall–Kier alpha value is -0.370. The Balaban J connectivity index is 0.00000220. The smallest absolute Gasteiger partial charge is 0.222 e. The maximum absolute atomic E-state index is 12.3. The molecule has 0 aromatic carbocycles. The van der Waals surface area contributed by atoms with Gasteiger partial charge >= 0.3 is 0 Å². The molecule has 2 aliphatic rings. The van der Waals surface area contributed by atoms with Crippen molar-refractivity contribution >= 4 is 28.3 Å². The molecule has 1 saturated heterocycles. The van der Waals surface area contributed by atoms with Crippen LogP contribution < -0.4 is 5.73 Å². The highest BCUT2D eigenvalue weighted by Crippen LogP contribution is 2.26. The lowest BCUT2D eigenvalue weighted by atomic mass is 9.82. The minimum absolute atomic E-state index is 0. The summed E-state index contributed by atoms with van der Waals surface area (Å²) in [5.74, 6) is 0.421. The summed E-state index contributed by atoms with van der Waals surface area (Å²) in [5, 5.41) is 0. The molecule has 2 rings (SSSR count). The topological polar surface area (TPSA) is 83.7 Å². The Morgan fingerprint density at radius 3 is 2.24 bits per heavy atom. The van der Waals surface area contributed by atoms with Crippen LogP contribution in [0.2, 0.25) is 0 Å². The molecular formula is C13H26ClN3O3S.